The number of hydrogen-bond donors (Lipinski definition) is 0. The molecule has 1 aliphatic carbocycles. The summed E-state index contributed by atoms with van der Waals surface area (Å²) in [6, 6.07) is 13.0. The maximum Gasteiger partial charge on any atom is 0.0703 e. The quantitative estimate of drug-likeness (QED) is 0.521. The second-order valence-electron chi connectivity index (χ2n) is 8.83. The zero-order valence-electron chi connectivity index (χ0n) is 18.5. The van der Waals surface area contributed by atoms with Crippen LogP contribution >= 0.6 is 0 Å². The topological polar surface area (TPSA) is 24.7 Å². The molecule has 0 aliphatic heterocycles. The lowest BCUT2D eigenvalue weighted by Gasteiger charge is -2.18. The summed E-state index contributed by atoms with van der Waals surface area (Å²) in [6.45, 7) is 15.6. The molecular formula is C26H34N2. The summed E-state index contributed by atoms with van der Waals surface area (Å²) in [4.78, 5) is 10.4. The number of rotatable bonds is 4. The molecule has 2 aromatic carbocycles. The van der Waals surface area contributed by atoms with Crippen molar-refractivity contribution in [2.45, 2.75) is 73.1 Å². The number of benzene rings is 2. The lowest BCUT2D eigenvalue weighted by atomic mass is 9.92. The van der Waals surface area contributed by atoms with Gasteiger partial charge in [-0.05, 0) is 60.8 Å². The van der Waals surface area contributed by atoms with Gasteiger partial charge < -0.3 is 0 Å². The van der Waals surface area contributed by atoms with Crippen molar-refractivity contribution >= 4 is 22.8 Å². The number of nitrogens with zero attached hydrogens (tertiary/aromatic N) is 2. The van der Waals surface area contributed by atoms with E-state index in [9.17, 15) is 0 Å². The van der Waals surface area contributed by atoms with Gasteiger partial charge in [0.1, 0.15) is 0 Å². The molecule has 1 saturated carbocycles. The molecule has 2 nitrogen and oxygen atoms in total. The highest BCUT2D eigenvalue weighted by molar-refractivity contribution is 6.45. The number of aliphatic imine (C=N–C) groups is 2. The Labute approximate surface area is 170 Å². The predicted octanol–water partition coefficient (Wildman–Crippen LogP) is 7.83. The van der Waals surface area contributed by atoms with E-state index in [0.29, 0.717) is 17.8 Å². The molecule has 0 heterocycles. The van der Waals surface area contributed by atoms with Crippen molar-refractivity contribution < 1.29 is 0 Å². The highest BCUT2D eigenvalue weighted by Crippen LogP contribution is 2.37. The average molecular weight is 375 g/mol. The molecule has 0 spiro atoms. The third-order valence-corrected chi connectivity index (χ3v) is 5.84. The fourth-order valence-corrected chi connectivity index (χ4v) is 4.07. The van der Waals surface area contributed by atoms with Crippen LogP contribution in [0.5, 0.6) is 0 Å². The minimum Gasteiger partial charge on any atom is -0.251 e. The Bertz CT molecular complexity index is 870. The van der Waals surface area contributed by atoms with Crippen LogP contribution in [0, 0.1) is 19.8 Å². The minimum absolute atomic E-state index is 0.448. The van der Waals surface area contributed by atoms with E-state index in [-0.39, 0.29) is 0 Å². The van der Waals surface area contributed by atoms with Gasteiger partial charge in [0.25, 0.3) is 0 Å². The summed E-state index contributed by atoms with van der Waals surface area (Å²) in [6.07, 6.45) is 2.14. The third-order valence-electron chi connectivity index (χ3n) is 5.84. The average Bonchev–Trinajstić information content (AvgIpc) is 2.98. The Morgan fingerprint density at radius 1 is 0.786 bits per heavy atom. The summed E-state index contributed by atoms with van der Waals surface area (Å²) in [5.41, 5.74) is 9.77. The maximum absolute atomic E-state index is 5.30. The first-order valence-electron chi connectivity index (χ1n) is 10.6. The standard InChI is InChI=1S/C26H34N2/c1-16(2)21-12-9-13-22(17(3)4)26(21)28-25-20(7)14-15-23(25)27-24-18(5)10-8-11-19(24)6/h8-13,16-17,20H,14-15H2,1-7H3. The van der Waals surface area contributed by atoms with Gasteiger partial charge in [0.2, 0.25) is 0 Å². The molecule has 0 N–H and O–H groups in total. The van der Waals surface area contributed by atoms with Crippen molar-refractivity contribution in [3.05, 3.63) is 58.7 Å². The van der Waals surface area contributed by atoms with Gasteiger partial charge in [-0.1, -0.05) is 71.0 Å². The van der Waals surface area contributed by atoms with Gasteiger partial charge in [0.15, 0.2) is 0 Å². The van der Waals surface area contributed by atoms with Gasteiger partial charge in [-0.15, -0.1) is 0 Å². The van der Waals surface area contributed by atoms with Crippen molar-refractivity contribution in [2.75, 3.05) is 0 Å². The van der Waals surface area contributed by atoms with Crippen molar-refractivity contribution in [1.82, 2.24) is 0 Å². The molecule has 28 heavy (non-hydrogen) atoms. The Kier molecular flexibility index (Phi) is 6.17. The fraction of sp³-hybridized carbons (Fsp3) is 0.462. The molecule has 0 aromatic heterocycles. The monoisotopic (exact) mass is 374 g/mol. The normalized spacial score (nSPS) is 20.1. The fourth-order valence-electron chi connectivity index (χ4n) is 4.07. The number of aryl methyl sites for hydroxylation is 2. The summed E-state index contributed by atoms with van der Waals surface area (Å²) in [5.74, 6) is 1.35. The van der Waals surface area contributed by atoms with Crippen LogP contribution in [0.15, 0.2) is 46.4 Å². The molecule has 0 radical (unpaired) electrons. The summed E-state index contributed by atoms with van der Waals surface area (Å²) in [7, 11) is 0. The van der Waals surface area contributed by atoms with E-state index in [1.54, 1.807) is 0 Å². The lowest BCUT2D eigenvalue weighted by Crippen LogP contribution is -2.12. The van der Waals surface area contributed by atoms with Crippen LogP contribution in [0.1, 0.15) is 81.5 Å². The smallest absolute Gasteiger partial charge is 0.0703 e. The van der Waals surface area contributed by atoms with E-state index in [2.05, 4.69) is 84.9 Å². The summed E-state index contributed by atoms with van der Waals surface area (Å²) >= 11 is 0. The van der Waals surface area contributed by atoms with Crippen LogP contribution in [0.3, 0.4) is 0 Å². The molecule has 0 bridgehead atoms. The van der Waals surface area contributed by atoms with Gasteiger partial charge in [0, 0.05) is 5.92 Å². The van der Waals surface area contributed by atoms with E-state index in [0.717, 1.165) is 24.2 Å². The first-order chi connectivity index (χ1) is 13.3. The van der Waals surface area contributed by atoms with Gasteiger partial charge in [-0.2, -0.15) is 0 Å². The van der Waals surface area contributed by atoms with Crippen LogP contribution in [0.2, 0.25) is 0 Å². The van der Waals surface area contributed by atoms with E-state index < -0.39 is 0 Å². The van der Waals surface area contributed by atoms with E-state index in [4.69, 9.17) is 9.98 Å². The molecule has 1 aliphatic rings. The Balaban J connectivity index is 2.16. The van der Waals surface area contributed by atoms with Crippen molar-refractivity contribution in [2.24, 2.45) is 15.9 Å². The lowest BCUT2D eigenvalue weighted by molar-refractivity contribution is 0.746. The molecule has 1 unspecified atom stereocenters. The number of hydrogen-bond acceptors (Lipinski definition) is 2. The summed E-state index contributed by atoms with van der Waals surface area (Å²) in [5, 5.41) is 0. The molecule has 2 heteroatoms. The zero-order chi connectivity index (χ0) is 20.4. The molecule has 0 amide bonds. The highest BCUT2D eigenvalue weighted by atomic mass is 14.9. The van der Waals surface area contributed by atoms with Gasteiger partial charge >= 0.3 is 0 Å². The van der Waals surface area contributed by atoms with E-state index >= 15 is 0 Å². The minimum atomic E-state index is 0.448. The van der Waals surface area contributed by atoms with Crippen molar-refractivity contribution in [1.29, 1.82) is 0 Å². The van der Waals surface area contributed by atoms with Gasteiger partial charge in [-0.25, -0.2) is 0 Å². The van der Waals surface area contributed by atoms with Crippen LogP contribution in [-0.4, -0.2) is 11.4 Å². The highest BCUT2D eigenvalue weighted by Gasteiger charge is 2.26. The van der Waals surface area contributed by atoms with E-state index in [1.165, 1.54) is 33.7 Å². The predicted molar refractivity (Wildman–Crippen MR) is 123 cm³/mol. The number of para-hydroxylation sites is 2. The second kappa shape index (κ2) is 8.43. The first-order valence-corrected chi connectivity index (χ1v) is 10.6. The molecule has 2 aromatic rings. The Morgan fingerprint density at radius 2 is 1.32 bits per heavy atom. The largest absolute Gasteiger partial charge is 0.251 e. The van der Waals surface area contributed by atoms with Crippen molar-refractivity contribution in [3.63, 3.8) is 0 Å². The van der Waals surface area contributed by atoms with Gasteiger partial charge in [-0.3, -0.25) is 9.98 Å². The van der Waals surface area contributed by atoms with Gasteiger partial charge in [0.05, 0.1) is 22.8 Å². The van der Waals surface area contributed by atoms with Crippen LogP contribution in [-0.2, 0) is 0 Å². The zero-order valence-corrected chi connectivity index (χ0v) is 18.5. The first kappa shape index (κ1) is 20.5. The molecule has 148 valence electrons. The van der Waals surface area contributed by atoms with Crippen LogP contribution in [0.4, 0.5) is 11.4 Å². The molecule has 1 fully saturated rings. The molecular weight excluding hydrogens is 340 g/mol. The van der Waals surface area contributed by atoms with Crippen molar-refractivity contribution in [3.8, 4) is 0 Å². The molecule has 0 saturated heterocycles. The molecule has 3 rings (SSSR count). The molecule has 1 atom stereocenters. The van der Waals surface area contributed by atoms with Crippen LogP contribution in [0.25, 0.3) is 0 Å². The Hall–Kier alpha value is -2.22. The Morgan fingerprint density at radius 3 is 1.86 bits per heavy atom. The van der Waals surface area contributed by atoms with Crippen LogP contribution < -0.4 is 0 Å². The summed E-state index contributed by atoms with van der Waals surface area (Å²) < 4.78 is 0. The second-order valence-corrected chi connectivity index (χ2v) is 8.83. The maximum atomic E-state index is 5.30. The SMILES string of the molecule is Cc1cccc(C)c1N=C1CCC(C)C1=Nc1c(C(C)C)cccc1C(C)C. The third kappa shape index (κ3) is 4.11. The van der Waals surface area contributed by atoms with E-state index in [1.807, 2.05) is 0 Å².